The molecule has 0 aromatic heterocycles. The summed E-state index contributed by atoms with van der Waals surface area (Å²) >= 11 is 0. The molecule has 0 N–H and O–H groups in total. The van der Waals surface area contributed by atoms with Crippen LogP contribution in [0, 0.1) is 6.92 Å². The standard InChI is InChI=1S/C12H20N2O2/c1-11(15)9-13-5-7-14(8-6-13)10-12(16-2)3-4-12/h1H,3-10H2,2H3. The van der Waals surface area contributed by atoms with Crippen molar-refractivity contribution in [1.29, 1.82) is 0 Å². The van der Waals surface area contributed by atoms with E-state index in [2.05, 4.69) is 9.80 Å². The molecule has 0 aromatic carbocycles. The molecule has 0 aromatic rings. The monoisotopic (exact) mass is 224 g/mol. The maximum atomic E-state index is 10.8. The van der Waals surface area contributed by atoms with E-state index in [0.717, 1.165) is 32.7 Å². The Morgan fingerprint density at radius 2 is 1.81 bits per heavy atom. The number of methoxy groups -OCH3 is 1. The average Bonchev–Trinajstić information content (AvgIpc) is 3.01. The zero-order chi connectivity index (χ0) is 11.6. The number of rotatable bonds is 5. The van der Waals surface area contributed by atoms with E-state index in [-0.39, 0.29) is 11.4 Å². The highest BCUT2D eigenvalue weighted by atomic mass is 16.5. The SMILES string of the molecule is [CH]C(=O)CN1CCN(CC2(OC)CC2)CC1. The predicted molar refractivity (Wildman–Crippen MR) is 61.2 cm³/mol. The van der Waals surface area contributed by atoms with Crippen molar-refractivity contribution < 1.29 is 9.53 Å². The third kappa shape index (κ3) is 3.03. The second-order valence-corrected chi connectivity index (χ2v) is 4.91. The van der Waals surface area contributed by atoms with Gasteiger partial charge in [-0.25, -0.2) is 0 Å². The topological polar surface area (TPSA) is 32.8 Å². The van der Waals surface area contributed by atoms with Crippen LogP contribution in [0.1, 0.15) is 12.8 Å². The summed E-state index contributed by atoms with van der Waals surface area (Å²) in [5, 5.41) is 0. The summed E-state index contributed by atoms with van der Waals surface area (Å²) in [4.78, 5) is 15.3. The van der Waals surface area contributed by atoms with Gasteiger partial charge in [0.05, 0.1) is 12.1 Å². The van der Waals surface area contributed by atoms with Gasteiger partial charge in [-0.15, -0.1) is 0 Å². The van der Waals surface area contributed by atoms with Crippen LogP contribution in [-0.2, 0) is 9.53 Å². The average molecular weight is 224 g/mol. The minimum atomic E-state index is -0.232. The van der Waals surface area contributed by atoms with Crippen molar-refractivity contribution in [3.8, 4) is 0 Å². The van der Waals surface area contributed by atoms with Crippen LogP contribution < -0.4 is 0 Å². The van der Waals surface area contributed by atoms with Gasteiger partial charge in [0.2, 0.25) is 0 Å². The molecule has 2 rings (SSSR count). The molecule has 1 heterocycles. The van der Waals surface area contributed by atoms with Crippen molar-refractivity contribution in [3.05, 3.63) is 6.92 Å². The molecule has 90 valence electrons. The van der Waals surface area contributed by atoms with Crippen LogP contribution in [0.15, 0.2) is 0 Å². The lowest BCUT2D eigenvalue weighted by atomic mass is 10.2. The van der Waals surface area contributed by atoms with Gasteiger partial charge < -0.3 is 4.74 Å². The van der Waals surface area contributed by atoms with Gasteiger partial charge in [-0.1, -0.05) is 0 Å². The summed E-state index contributed by atoms with van der Waals surface area (Å²) in [5.74, 6) is -0.232. The van der Waals surface area contributed by atoms with Crippen LogP contribution in [0.25, 0.3) is 0 Å². The first-order valence-corrected chi connectivity index (χ1v) is 5.92. The van der Waals surface area contributed by atoms with Gasteiger partial charge >= 0.3 is 0 Å². The van der Waals surface area contributed by atoms with Gasteiger partial charge in [0, 0.05) is 46.8 Å². The molecular weight excluding hydrogens is 204 g/mol. The molecule has 1 saturated carbocycles. The second-order valence-electron chi connectivity index (χ2n) is 4.91. The van der Waals surface area contributed by atoms with E-state index in [9.17, 15) is 4.79 Å². The minimum absolute atomic E-state index is 0.145. The molecule has 0 unspecified atom stereocenters. The van der Waals surface area contributed by atoms with Gasteiger partial charge in [0.1, 0.15) is 0 Å². The van der Waals surface area contributed by atoms with Crippen LogP contribution in [0.5, 0.6) is 0 Å². The molecule has 0 bridgehead atoms. The van der Waals surface area contributed by atoms with E-state index < -0.39 is 0 Å². The molecule has 16 heavy (non-hydrogen) atoms. The quantitative estimate of drug-likeness (QED) is 0.661. The first kappa shape index (κ1) is 12.0. The molecule has 1 aliphatic heterocycles. The number of nitrogens with zero attached hydrogens (tertiary/aromatic N) is 2. The number of piperazine rings is 1. The smallest absolute Gasteiger partial charge is 0.151 e. The van der Waals surface area contributed by atoms with Crippen molar-refractivity contribution in [3.63, 3.8) is 0 Å². The molecule has 2 fully saturated rings. The summed E-state index contributed by atoms with van der Waals surface area (Å²) in [5.41, 5.74) is 0.145. The molecule has 4 nitrogen and oxygen atoms in total. The van der Waals surface area contributed by atoms with E-state index in [4.69, 9.17) is 11.7 Å². The number of ketones is 1. The third-order valence-electron chi connectivity index (χ3n) is 3.60. The van der Waals surface area contributed by atoms with Gasteiger partial charge in [-0.2, -0.15) is 0 Å². The molecular formula is C12H20N2O2. The van der Waals surface area contributed by atoms with Crippen molar-refractivity contribution in [2.24, 2.45) is 0 Å². The fraction of sp³-hybridized carbons (Fsp3) is 0.833. The van der Waals surface area contributed by atoms with E-state index in [1.165, 1.54) is 12.8 Å². The van der Waals surface area contributed by atoms with Crippen LogP contribution in [-0.4, -0.2) is 67.6 Å². The number of hydrogen-bond acceptors (Lipinski definition) is 4. The summed E-state index contributed by atoms with van der Waals surface area (Å²) in [6.07, 6.45) is 2.37. The first-order valence-electron chi connectivity index (χ1n) is 5.92. The Hall–Kier alpha value is -0.450. The van der Waals surface area contributed by atoms with E-state index in [1.807, 2.05) is 0 Å². The molecule has 2 aliphatic rings. The van der Waals surface area contributed by atoms with Crippen molar-refractivity contribution in [2.45, 2.75) is 18.4 Å². The Morgan fingerprint density at radius 1 is 1.25 bits per heavy atom. The lowest BCUT2D eigenvalue weighted by molar-refractivity contribution is -0.116. The lowest BCUT2D eigenvalue weighted by Gasteiger charge is -2.35. The maximum absolute atomic E-state index is 10.8. The molecule has 0 atom stereocenters. The summed E-state index contributed by atoms with van der Waals surface area (Å²) in [6.45, 7) is 10.5. The first-order chi connectivity index (χ1) is 7.63. The Kier molecular flexibility index (Phi) is 3.62. The number of Topliss-reactive ketones (excluding diaryl/α,β-unsaturated/α-hetero) is 1. The highest BCUT2D eigenvalue weighted by Gasteiger charge is 2.44. The summed E-state index contributed by atoms with van der Waals surface area (Å²) in [7, 11) is 1.80. The predicted octanol–water partition coefficient (Wildman–Crippen LogP) is 0.0632. The number of carbonyl (C=O) groups is 1. The van der Waals surface area contributed by atoms with Crippen molar-refractivity contribution in [2.75, 3.05) is 46.4 Å². The van der Waals surface area contributed by atoms with Gasteiger partial charge in [-0.3, -0.25) is 14.6 Å². The third-order valence-corrected chi connectivity index (χ3v) is 3.60. The number of hydrogen-bond donors (Lipinski definition) is 0. The lowest BCUT2D eigenvalue weighted by Crippen LogP contribution is -2.50. The van der Waals surface area contributed by atoms with Gasteiger partial charge in [0.25, 0.3) is 0 Å². The molecule has 1 saturated heterocycles. The van der Waals surface area contributed by atoms with Gasteiger partial charge in [0.15, 0.2) is 5.78 Å². The Balaban J connectivity index is 1.71. The molecule has 0 amide bonds. The highest BCUT2D eigenvalue weighted by molar-refractivity contribution is 5.84. The molecule has 2 radical (unpaired) electrons. The Bertz CT molecular complexity index is 256. The fourth-order valence-electron chi connectivity index (χ4n) is 2.30. The zero-order valence-corrected chi connectivity index (χ0v) is 9.95. The van der Waals surface area contributed by atoms with Crippen molar-refractivity contribution >= 4 is 5.78 Å². The molecule has 1 aliphatic carbocycles. The fourth-order valence-corrected chi connectivity index (χ4v) is 2.30. The second kappa shape index (κ2) is 4.82. The molecule has 0 spiro atoms. The summed E-state index contributed by atoms with van der Waals surface area (Å²) in [6, 6.07) is 0. The van der Waals surface area contributed by atoms with Gasteiger partial charge in [-0.05, 0) is 12.8 Å². The Morgan fingerprint density at radius 3 is 2.25 bits per heavy atom. The number of ether oxygens (including phenoxy) is 1. The normalized spacial score (nSPS) is 25.6. The maximum Gasteiger partial charge on any atom is 0.151 e. The highest BCUT2D eigenvalue weighted by Crippen LogP contribution is 2.39. The number of carbonyl (C=O) groups excluding carboxylic acids is 1. The largest absolute Gasteiger partial charge is 0.377 e. The van der Waals surface area contributed by atoms with Crippen LogP contribution in [0.2, 0.25) is 0 Å². The van der Waals surface area contributed by atoms with Crippen LogP contribution in [0.4, 0.5) is 0 Å². The van der Waals surface area contributed by atoms with E-state index in [0.29, 0.717) is 6.54 Å². The zero-order valence-electron chi connectivity index (χ0n) is 9.95. The van der Waals surface area contributed by atoms with Crippen LogP contribution in [0.3, 0.4) is 0 Å². The molecule has 4 heteroatoms. The summed E-state index contributed by atoms with van der Waals surface area (Å²) < 4.78 is 5.51. The van der Waals surface area contributed by atoms with E-state index >= 15 is 0 Å². The Labute approximate surface area is 97.5 Å². The van der Waals surface area contributed by atoms with Crippen molar-refractivity contribution in [1.82, 2.24) is 9.80 Å². The minimum Gasteiger partial charge on any atom is -0.377 e. The van der Waals surface area contributed by atoms with E-state index in [1.54, 1.807) is 7.11 Å². The van der Waals surface area contributed by atoms with Crippen LogP contribution >= 0.6 is 0 Å².